The van der Waals surface area contributed by atoms with E-state index in [4.69, 9.17) is 9.84 Å². The lowest BCUT2D eigenvalue weighted by Crippen LogP contribution is -2.11. The van der Waals surface area contributed by atoms with Crippen molar-refractivity contribution in [3.63, 3.8) is 0 Å². The number of hydrogen-bond donors (Lipinski definition) is 1. The fourth-order valence-electron chi connectivity index (χ4n) is 1.31. The molecule has 1 atom stereocenters. The van der Waals surface area contributed by atoms with Gasteiger partial charge in [-0.1, -0.05) is 6.07 Å². The first kappa shape index (κ1) is 12.4. The van der Waals surface area contributed by atoms with Gasteiger partial charge in [-0.15, -0.1) is 0 Å². The molecule has 3 nitrogen and oxygen atoms in total. The molecule has 0 amide bonds. The molecule has 0 aliphatic heterocycles. The lowest BCUT2D eigenvalue weighted by atomic mass is 10.00. The van der Waals surface area contributed by atoms with E-state index in [-0.39, 0.29) is 17.9 Å². The Morgan fingerprint density at radius 1 is 1.50 bits per heavy atom. The van der Waals surface area contributed by atoms with Crippen LogP contribution < -0.4 is 4.74 Å². The van der Waals surface area contributed by atoms with Crippen molar-refractivity contribution < 1.29 is 23.4 Å². The molecule has 1 aromatic carbocycles. The molecule has 0 radical (unpaired) electrons. The Balaban J connectivity index is 3.27. The number of rotatable bonds is 4. The molecule has 16 heavy (non-hydrogen) atoms. The highest BCUT2D eigenvalue weighted by molar-refractivity contribution is 5.76. The van der Waals surface area contributed by atoms with Crippen LogP contribution in [0, 0.1) is 11.6 Å². The molecule has 0 bridgehead atoms. The summed E-state index contributed by atoms with van der Waals surface area (Å²) in [6.45, 7) is 3.14. The smallest absolute Gasteiger partial charge is 0.310 e. The molecular formula is C11H12F2O3. The number of benzene rings is 1. The fraction of sp³-hybridized carbons (Fsp3) is 0.364. The van der Waals surface area contributed by atoms with Crippen molar-refractivity contribution >= 4 is 5.97 Å². The molecule has 0 saturated carbocycles. The highest BCUT2D eigenvalue weighted by Gasteiger charge is 2.23. The first-order valence-corrected chi connectivity index (χ1v) is 4.82. The zero-order valence-electron chi connectivity index (χ0n) is 8.96. The topological polar surface area (TPSA) is 46.5 Å². The van der Waals surface area contributed by atoms with Crippen molar-refractivity contribution in [2.75, 3.05) is 6.61 Å². The van der Waals surface area contributed by atoms with Gasteiger partial charge in [0.15, 0.2) is 11.6 Å². The van der Waals surface area contributed by atoms with Crippen LogP contribution in [-0.4, -0.2) is 17.7 Å². The highest BCUT2D eigenvalue weighted by atomic mass is 19.2. The van der Waals surface area contributed by atoms with E-state index in [0.717, 1.165) is 6.07 Å². The van der Waals surface area contributed by atoms with Gasteiger partial charge in [-0.3, -0.25) is 4.79 Å². The third-order valence-electron chi connectivity index (χ3n) is 2.21. The summed E-state index contributed by atoms with van der Waals surface area (Å²) in [6, 6.07) is 2.12. The monoisotopic (exact) mass is 230 g/mol. The van der Waals surface area contributed by atoms with Gasteiger partial charge in [0.1, 0.15) is 0 Å². The summed E-state index contributed by atoms with van der Waals surface area (Å²) >= 11 is 0. The van der Waals surface area contributed by atoms with Gasteiger partial charge in [-0.05, 0) is 19.9 Å². The number of carboxylic acid groups (broad SMARTS) is 1. The molecule has 0 spiro atoms. The van der Waals surface area contributed by atoms with E-state index < -0.39 is 23.5 Å². The fourth-order valence-corrected chi connectivity index (χ4v) is 1.31. The molecule has 1 unspecified atom stereocenters. The van der Waals surface area contributed by atoms with E-state index in [0.29, 0.717) is 0 Å². The maximum absolute atomic E-state index is 13.4. The maximum atomic E-state index is 13.4. The van der Waals surface area contributed by atoms with E-state index in [9.17, 15) is 13.6 Å². The molecular weight excluding hydrogens is 218 g/mol. The summed E-state index contributed by atoms with van der Waals surface area (Å²) < 4.78 is 31.3. The second-order valence-electron chi connectivity index (χ2n) is 3.27. The Hall–Kier alpha value is -1.65. The number of halogens is 2. The molecule has 1 N–H and O–H groups in total. The lowest BCUT2D eigenvalue weighted by Gasteiger charge is -2.14. The molecule has 0 saturated heterocycles. The molecule has 0 heterocycles. The van der Waals surface area contributed by atoms with Crippen LogP contribution in [0.3, 0.4) is 0 Å². The van der Waals surface area contributed by atoms with Crippen LogP contribution >= 0.6 is 0 Å². The van der Waals surface area contributed by atoms with Crippen LogP contribution in [0.4, 0.5) is 8.78 Å². The minimum Gasteiger partial charge on any atom is -0.490 e. The van der Waals surface area contributed by atoms with Gasteiger partial charge in [0.2, 0.25) is 5.82 Å². The number of hydrogen-bond acceptors (Lipinski definition) is 2. The van der Waals surface area contributed by atoms with Crippen molar-refractivity contribution in [3.8, 4) is 5.75 Å². The summed E-state index contributed by atoms with van der Waals surface area (Å²) in [4.78, 5) is 10.8. The molecule has 0 fully saturated rings. The minimum absolute atomic E-state index is 0.133. The van der Waals surface area contributed by atoms with Crippen LogP contribution in [0.5, 0.6) is 5.75 Å². The molecule has 0 aliphatic carbocycles. The Bertz CT molecular complexity index is 404. The predicted octanol–water partition coefficient (Wildman–Crippen LogP) is 2.55. The summed E-state index contributed by atoms with van der Waals surface area (Å²) in [6.07, 6.45) is 0. The van der Waals surface area contributed by atoms with E-state index >= 15 is 0 Å². The molecule has 88 valence electrons. The number of aliphatic carboxylic acids is 1. The molecule has 0 aliphatic rings. The summed E-state index contributed by atoms with van der Waals surface area (Å²) in [5, 5.41) is 8.82. The minimum atomic E-state index is -1.15. The van der Waals surface area contributed by atoms with E-state index in [2.05, 4.69) is 0 Å². The van der Waals surface area contributed by atoms with Crippen molar-refractivity contribution in [2.24, 2.45) is 0 Å². The normalized spacial score (nSPS) is 12.2. The summed E-state index contributed by atoms with van der Waals surface area (Å²) in [7, 11) is 0. The van der Waals surface area contributed by atoms with Crippen LogP contribution in [0.2, 0.25) is 0 Å². The Morgan fingerprint density at radius 2 is 2.12 bits per heavy atom. The standard InChI is InChI=1S/C11H12F2O3/c1-3-16-10-7(6(2)11(14)15)4-5-8(12)9(10)13/h4-6H,3H2,1-2H3,(H,14,15). The van der Waals surface area contributed by atoms with Gasteiger partial charge in [-0.2, -0.15) is 4.39 Å². The van der Waals surface area contributed by atoms with E-state index in [1.807, 2.05) is 0 Å². The largest absolute Gasteiger partial charge is 0.490 e. The SMILES string of the molecule is CCOc1c(C(C)C(=O)O)ccc(F)c1F. The predicted molar refractivity (Wildman–Crippen MR) is 53.6 cm³/mol. The molecule has 1 rings (SSSR count). The second-order valence-corrected chi connectivity index (χ2v) is 3.27. The zero-order chi connectivity index (χ0) is 12.3. The average Bonchev–Trinajstić information content (AvgIpc) is 2.24. The van der Waals surface area contributed by atoms with Gasteiger partial charge in [0.05, 0.1) is 12.5 Å². The van der Waals surface area contributed by atoms with Crippen molar-refractivity contribution in [1.82, 2.24) is 0 Å². The number of ether oxygens (including phenoxy) is 1. The third kappa shape index (κ3) is 2.29. The van der Waals surface area contributed by atoms with E-state index in [1.165, 1.54) is 13.0 Å². The van der Waals surface area contributed by atoms with Crippen molar-refractivity contribution in [1.29, 1.82) is 0 Å². The maximum Gasteiger partial charge on any atom is 0.310 e. The Labute approximate surface area is 91.7 Å². The van der Waals surface area contributed by atoms with Crippen LogP contribution in [0.25, 0.3) is 0 Å². The average molecular weight is 230 g/mol. The summed E-state index contributed by atoms with van der Waals surface area (Å²) in [5.74, 6) is -4.58. The van der Waals surface area contributed by atoms with Crippen LogP contribution in [0.15, 0.2) is 12.1 Å². The van der Waals surface area contributed by atoms with Gasteiger partial charge in [0.25, 0.3) is 0 Å². The van der Waals surface area contributed by atoms with Crippen LogP contribution in [0.1, 0.15) is 25.3 Å². The van der Waals surface area contributed by atoms with Gasteiger partial charge >= 0.3 is 5.97 Å². The zero-order valence-corrected chi connectivity index (χ0v) is 8.96. The highest BCUT2D eigenvalue weighted by Crippen LogP contribution is 2.31. The van der Waals surface area contributed by atoms with Gasteiger partial charge in [-0.25, -0.2) is 4.39 Å². The first-order chi connectivity index (χ1) is 7.49. The Kier molecular flexibility index (Phi) is 3.82. The Morgan fingerprint density at radius 3 is 2.62 bits per heavy atom. The molecule has 0 aromatic heterocycles. The number of carboxylic acids is 1. The van der Waals surface area contributed by atoms with Crippen molar-refractivity contribution in [3.05, 3.63) is 29.3 Å². The number of carbonyl (C=O) groups is 1. The second kappa shape index (κ2) is 4.92. The quantitative estimate of drug-likeness (QED) is 0.864. The van der Waals surface area contributed by atoms with Gasteiger partial charge in [0, 0.05) is 5.56 Å². The third-order valence-corrected chi connectivity index (χ3v) is 2.21. The molecule has 1 aromatic rings. The lowest BCUT2D eigenvalue weighted by molar-refractivity contribution is -0.138. The van der Waals surface area contributed by atoms with Gasteiger partial charge < -0.3 is 9.84 Å². The summed E-state index contributed by atoms with van der Waals surface area (Å²) in [5.41, 5.74) is 0.133. The van der Waals surface area contributed by atoms with Crippen molar-refractivity contribution in [2.45, 2.75) is 19.8 Å². The van der Waals surface area contributed by atoms with E-state index in [1.54, 1.807) is 6.92 Å². The van der Waals surface area contributed by atoms with Crippen LogP contribution in [-0.2, 0) is 4.79 Å². The first-order valence-electron chi connectivity index (χ1n) is 4.82. The molecule has 5 heteroatoms.